The van der Waals surface area contributed by atoms with Crippen molar-refractivity contribution < 1.29 is 41.9 Å². The number of aromatic nitrogens is 1. The number of nitrogens with one attached hydrogen (secondary N) is 2. The molecule has 0 saturated heterocycles. The zero-order valence-corrected chi connectivity index (χ0v) is 16.3. The summed E-state index contributed by atoms with van der Waals surface area (Å²) < 4.78 is 0. The van der Waals surface area contributed by atoms with Crippen LogP contribution in [0.4, 0.5) is 5.69 Å². The summed E-state index contributed by atoms with van der Waals surface area (Å²) in [7, 11) is 0. The van der Waals surface area contributed by atoms with Gasteiger partial charge in [-0.25, -0.2) is 0 Å². The van der Waals surface area contributed by atoms with Gasteiger partial charge in [-0.3, -0.25) is 4.98 Å². The van der Waals surface area contributed by atoms with E-state index in [1.807, 2.05) is 24.4 Å². The Bertz CT molecular complexity index is 542. The summed E-state index contributed by atoms with van der Waals surface area (Å²) in [6.45, 7) is 9.10. The molecular formula is C17H23Cl2FeN3. The molecule has 0 unspecified atom stereocenters. The van der Waals surface area contributed by atoms with Gasteiger partial charge in [-0.15, -0.1) is 0 Å². The van der Waals surface area contributed by atoms with Gasteiger partial charge in [0.2, 0.25) is 0 Å². The van der Waals surface area contributed by atoms with Crippen molar-refractivity contribution in [2.24, 2.45) is 0 Å². The smallest absolute Gasteiger partial charge is 1.00 e. The molecule has 0 saturated carbocycles. The first-order valence-corrected chi connectivity index (χ1v) is 7.09. The van der Waals surface area contributed by atoms with Crippen LogP contribution < -0.4 is 35.4 Å². The molecule has 128 valence electrons. The molecule has 2 N–H and O–H groups in total. The first-order chi connectivity index (χ1) is 9.66. The van der Waals surface area contributed by atoms with Crippen LogP contribution in [-0.4, -0.2) is 18.1 Å². The third kappa shape index (κ3) is 8.05. The summed E-state index contributed by atoms with van der Waals surface area (Å²) in [6.07, 6.45) is 1.83. The Balaban J connectivity index is 0. The molecule has 0 fully saturated rings. The van der Waals surface area contributed by atoms with Crippen molar-refractivity contribution in [2.45, 2.75) is 27.3 Å². The molecule has 0 spiro atoms. The molecule has 1 aromatic heterocycles. The van der Waals surface area contributed by atoms with Crippen LogP contribution in [0.25, 0.3) is 0 Å². The molecule has 6 heteroatoms. The Kier molecular flexibility index (Phi) is 13.4. The summed E-state index contributed by atoms with van der Waals surface area (Å²) >= 11 is 0. The topological polar surface area (TPSA) is 37.0 Å². The van der Waals surface area contributed by atoms with E-state index in [1.165, 1.54) is 22.4 Å². The van der Waals surface area contributed by atoms with Crippen molar-refractivity contribution in [3.05, 3.63) is 58.9 Å². The number of aryl methyl sites for hydroxylation is 3. The maximum Gasteiger partial charge on any atom is 2.00 e. The molecular weight excluding hydrogens is 373 g/mol. The van der Waals surface area contributed by atoms with Crippen LogP contribution in [0.1, 0.15) is 22.4 Å². The van der Waals surface area contributed by atoms with Crippen molar-refractivity contribution in [2.75, 3.05) is 18.4 Å². The van der Waals surface area contributed by atoms with Crippen LogP contribution in [0, 0.1) is 20.8 Å². The molecule has 0 radical (unpaired) electrons. The second kappa shape index (κ2) is 12.6. The van der Waals surface area contributed by atoms with E-state index >= 15 is 0 Å². The standard InChI is InChI=1S/C17H23N3.2ClH.Fe/c1-13-10-14(2)17(15(3)11-13)20-9-8-18-12-16-6-4-5-7-19-16;;;/h4-7,10-11,18,20H,8-9,12H2,1-3H3;2*1H;/q;;;+2/p-2. The third-order valence-electron chi connectivity index (χ3n) is 3.31. The van der Waals surface area contributed by atoms with Gasteiger partial charge in [-0.2, -0.15) is 0 Å². The summed E-state index contributed by atoms with van der Waals surface area (Å²) in [5, 5.41) is 6.91. The maximum atomic E-state index is 4.29. The van der Waals surface area contributed by atoms with Crippen molar-refractivity contribution >= 4 is 5.69 Å². The number of hydrogen-bond donors (Lipinski definition) is 2. The fourth-order valence-corrected chi connectivity index (χ4v) is 2.45. The first kappa shape index (κ1) is 24.5. The summed E-state index contributed by atoms with van der Waals surface area (Å²) in [5.41, 5.74) is 6.28. The number of rotatable bonds is 6. The number of pyridine rings is 1. The quantitative estimate of drug-likeness (QED) is 0.410. The van der Waals surface area contributed by atoms with Crippen LogP contribution in [0.15, 0.2) is 36.5 Å². The molecule has 23 heavy (non-hydrogen) atoms. The van der Waals surface area contributed by atoms with E-state index in [0.717, 1.165) is 25.3 Å². The van der Waals surface area contributed by atoms with Gasteiger partial charge in [0, 0.05) is 31.5 Å². The van der Waals surface area contributed by atoms with Crippen molar-refractivity contribution in [1.29, 1.82) is 0 Å². The van der Waals surface area contributed by atoms with Crippen molar-refractivity contribution in [3.8, 4) is 0 Å². The first-order valence-electron chi connectivity index (χ1n) is 7.09. The largest absolute Gasteiger partial charge is 2.00 e. The van der Waals surface area contributed by atoms with Gasteiger partial charge >= 0.3 is 17.1 Å². The molecule has 1 aromatic carbocycles. The fraction of sp³-hybridized carbons (Fsp3) is 0.353. The van der Waals surface area contributed by atoms with Crippen LogP contribution in [-0.2, 0) is 23.6 Å². The third-order valence-corrected chi connectivity index (χ3v) is 3.31. The normalized spacial score (nSPS) is 9.17. The van der Waals surface area contributed by atoms with E-state index in [4.69, 9.17) is 0 Å². The number of benzene rings is 1. The second-order valence-corrected chi connectivity index (χ2v) is 5.20. The van der Waals surface area contributed by atoms with Gasteiger partial charge < -0.3 is 35.4 Å². The van der Waals surface area contributed by atoms with E-state index in [1.54, 1.807) is 0 Å². The Morgan fingerprint density at radius 3 is 2.17 bits per heavy atom. The molecule has 2 rings (SSSR count). The van der Waals surface area contributed by atoms with Gasteiger partial charge in [0.05, 0.1) is 5.69 Å². The van der Waals surface area contributed by atoms with Crippen LogP contribution in [0.5, 0.6) is 0 Å². The molecule has 0 aliphatic carbocycles. The molecule has 3 nitrogen and oxygen atoms in total. The zero-order chi connectivity index (χ0) is 14.4. The van der Waals surface area contributed by atoms with Crippen LogP contribution in [0.2, 0.25) is 0 Å². The molecule has 1 heterocycles. The molecule has 0 aliphatic rings. The minimum Gasteiger partial charge on any atom is -1.00 e. The predicted molar refractivity (Wildman–Crippen MR) is 85.1 cm³/mol. The van der Waals surface area contributed by atoms with Crippen LogP contribution in [0.3, 0.4) is 0 Å². The van der Waals surface area contributed by atoms with E-state index in [9.17, 15) is 0 Å². The van der Waals surface area contributed by atoms with Gasteiger partial charge in [-0.05, 0) is 44.0 Å². The monoisotopic (exact) mass is 395 g/mol. The van der Waals surface area contributed by atoms with Gasteiger partial charge in [0.25, 0.3) is 0 Å². The number of nitrogens with zero attached hydrogens (tertiary/aromatic N) is 1. The average molecular weight is 396 g/mol. The predicted octanol–water partition coefficient (Wildman–Crippen LogP) is -2.79. The molecule has 0 aliphatic heterocycles. The SMILES string of the molecule is Cc1cc(C)c(NCCNCc2ccccn2)c(C)c1.[Cl-].[Cl-].[Fe+2]. The second-order valence-electron chi connectivity index (χ2n) is 5.20. The Hall–Kier alpha value is -0.771. The van der Waals surface area contributed by atoms with E-state index in [2.05, 4.69) is 48.5 Å². The summed E-state index contributed by atoms with van der Waals surface area (Å²) in [6, 6.07) is 10.4. The number of hydrogen-bond acceptors (Lipinski definition) is 3. The Labute approximate surface area is 162 Å². The van der Waals surface area contributed by atoms with Gasteiger partial charge in [-0.1, -0.05) is 23.8 Å². The minimum atomic E-state index is 0. The van der Waals surface area contributed by atoms with Crippen molar-refractivity contribution in [3.63, 3.8) is 0 Å². The molecule has 0 bridgehead atoms. The average Bonchev–Trinajstić information content (AvgIpc) is 2.42. The molecule has 0 amide bonds. The van der Waals surface area contributed by atoms with E-state index in [0.29, 0.717) is 0 Å². The van der Waals surface area contributed by atoms with Crippen molar-refractivity contribution in [1.82, 2.24) is 10.3 Å². The number of halogens is 2. The van der Waals surface area contributed by atoms with Gasteiger partial charge in [0.15, 0.2) is 0 Å². The number of anilines is 1. The van der Waals surface area contributed by atoms with Gasteiger partial charge in [0.1, 0.15) is 0 Å². The Morgan fingerprint density at radius 1 is 0.957 bits per heavy atom. The van der Waals surface area contributed by atoms with E-state index in [-0.39, 0.29) is 41.9 Å². The minimum absolute atomic E-state index is 0. The molecule has 2 aromatic rings. The fourth-order valence-electron chi connectivity index (χ4n) is 2.45. The molecule has 0 atom stereocenters. The van der Waals surface area contributed by atoms with E-state index < -0.39 is 0 Å². The summed E-state index contributed by atoms with van der Waals surface area (Å²) in [4.78, 5) is 4.29. The maximum absolute atomic E-state index is 4.29. The Morgan fingerprint density at radius 2 is 1.61 bits per heavy atom. The zero-order valence-electron chi connectivity index (χ0n) is 13.6. The van der Waals surface area contributed by atoms with Crippen LogP contribution >= 0.6 is 0 Å². The summed E-state index contributed by atoms with van der Waals surface area (Å²) in [5.74, 6) is 0.